The molecule has 1 aliphatic rings. The van der Waals surface area contributed by atoms with Crippen LogP contribution in [-0.2, 0) is 10.9 Å². The molecule has 3 aromatic rings. The number of benzene rings is 2. The van der Waals surface area contributed by atoms with E-state index in [-0.39, 0.29) is 17.6 Å². The molecule has 0 atom stereocenters. The van der Waals surface area contributed by atoms with Gasteiger partial charge in [0, 0.05) is 18.8 Å². The molecule has 1 saturated heterocycles. The predicted octanol–water partition coefficient (Wildman–Crippen LogP) is 4.13. The number of aromatic nitrogens is 3. The second kappa shape index (κ2) is 9.07. The molecule has 0 spiro atoms. The molecule has 2 aromatic carbocycles. The van der Waals surface area contributed by atoms with Gasteiger partial charge in [0.25, 0.3) is 0 Å². The van der Waals surface area contributed by atoms with Crippen LogP contribution in [0.2, 0.25) is 0 Å². The van der Waals surface area contributed by atoms with Gasteiger partial charge in [0.2, 0.25) is 11.9 Å². The van der Waals surface area contributed by atoms with Crippen molar-refractivity contribution in [2.75, 3.05) is 36.5 Å². The van der Waals surface area contributed by atoms with Gasteiger partial charge >= 0.3 is 12.2 Å². The number of morpholine rings is 1. The zero-order chi connectivity index (χ0) is 22.6. The molecule has 32 heavy (non-hydrogen) atoms. The molecule has 1 fully saturated rings. The van der Waals surface area contributed by atoms with Crippen LogP contribution < -0.4 is 15.0 Å². The van der Waals surface area contributed by atoms with Crippen molar-refractivity contribution in [1.82, 2.24) is 15.0 Å². The van der Waals surface area contributed by atoms with Crippen LogP contribution in [-0.4, -0.2) is 41.3 Å². The molecule has 2 heterocycles. The van der Waals surface area contributed by atoms with Gasteiger partial charge in [0.05, 0.1) is 30.4 Å². The van der Waals surface area contributed by atoms with E-state index in [0.29, 0.717) is 43.6 Å². The van der Waals surface area contributed by atoms with Crippen LogP contribution in [0.15, 0.2) is 48.5 Å². The Morgan fingerprint density at radius 2 is 1.81 bits per heavy atom. The first kappa shape index (κ1) is 21.3. The van der Waals surface area contributed by atoms with Gasteiger partial charge in [-0.1, -0.05) is 12.1 Å². The van der Waals surface area contributed by atoms with Gasteiger partial charge in [-0.15, -0.1) is 0 Å². The highest BCUT2D eigenvalue weighted by Crippen LogP contribution is 2.31. The summed E-state index contributed by atoms with van der Waals surface area (Å²) >= 11 is 0. The molecular formula is C21H17F3N6O2. The predicted molar refractivity (Wildman–Crippen MR) is 109 cm³/mol. The molecule has 1 N–H and O–H groups in total. The third-order valence-corrected chi connectivity index (χ3v) is 4.52. The standard InChI is InChI=1S/C21H17F3N6O2/c22-21(23,24)15-4-2-5-16(12-15)26-18-27-19(30-7-9-31-10-8-30)29-20(28-18)32-17-6-1-3-14(11-17)13-25/h1-6,11-12H,7-10H2,(H,26,27,28,29). The number of hydrogen-bond acceptors (Lipinski definition) is 8. The summed E-state index contributed by atoms with van der Waals surface area (Å²) in [6.45, 7) is 2.05. The summed E-state index contributed by atoms with van der Waals surface area (Å²) in [4.78, 5) is 14.7. The van der Waals surface area contributed by atoms with Crippen molar-refractivity contribution in [1.29, 1.82) is 5.26 Å². The molecule has 8 nitrogen and oxygen atoms in total. The van der Waals surface area contributed by atoms with E-state index in [0.717, 1.165) is 12.1 Å². The molecule has 1 aromatic heterocycles. The van der Waals surface area contributed by atoms with Crippen LogP contribution >= 0.6 is 0 Å². The van der Waals surface area contributed by atoms with E-state index in [1.165, 1.54) is 18.2 Å². The SMILES string of the molecule is N#Cc1cccc(Oc2nc(Nc3cccc(C(F)(F)F)c3)nc(N3CCOCC3)n2)c1. The topological polar surface area (TPSA) is 96.2 Å². The Kier molecular flexibility index (Phi) is 6.04. The van der Waals surface area contributed by atoms with Crippen molar-refractivity contribution in [2.45, 2.75) is 6.18 Å². The summed E-state index contributed by atoms with van der Waals surface area (Å²) in [7, 11) is 0. The molecule has 0 amide bonds. The lowest BCUT2D eigenvalue weighted by Crippen LogP contribution is -2.37. The van der Waals surface area contributed by atoms with Gasteiger partial charge in [-0.3, -0.25) is 0 Å². The molecule has 0 saturated carbocycles. The van der Waals surface area contributed by atoms with Gasteiger partial charge in [-0.25, -0.2) is 0 Å². The van der Waals surface area contributed by atoms with E-state index in [1.54, 1.807) is 18.2 Å². The number of nitriles is 1. The molecule has 1 aliphatic heterocycles. The second-order valence-electron chi connectivity index (χ2n) is 6.79. The first-order chi connectivity index (χ1) is 15.4. The van der Waals surface area contributed by atoms with E-state index >= 15 is 0 Å². The molecule has 0 radical (unpaired) electrons. The van der Waals surface area contributed by atoms with Gasteiger partial charge in [0.1, 0.15) is 5.75 Å². The molecule has 0 unspecified atom stereocenters. The van der Waals surface area contributed by atoms with Crippen LogP contribution in [0.4, 0.5) is 30.8 Å². The maximum atomic E-state index is 13.1. The molecule has 164 valence electrons. The first-order valence-electron chi connectivity index (χ1n) is 9.62. The number of alkyl halides is 3. The van der Waals surface area contributed by atoms with Crippen LogP contribution in [0.5, 0.6) is 11.8 Å². The highest BCUT2D eigenvalue weighted by atomic mass is 19.4. The monoisotopic (exact) mass is 442 g/mol. The third-order valence-electron chi connectivity index (χ3n) is 4.52. The van der Waals surface area contributed by atoms with Crippen LogP contribution in [0.25, 0.3) is 0 Å². The fourth-order valence-electron chi connectivity index (χ4n) is 2.99. The number of nitrogens with one attached hydrogen (secondary N) is 1. The molecular weight excluding hydrogens is 425 g/mol. The maximum Gasteiger partial charge on any atom is 0.416 e. The van der Waals surface area contributed by atoms with Gasteiger partial charge in [0.15, 0.2) is 0 Å². The summed E-state index contributed by atoms with van der Waals surface area (Å²) in [6, 6.07) is 13.1. The van der Waals surface area contributed by atoms with Crippen molar-refractivity contribution in [2.24, 2.45) is 0 Å². The number of halogens is 3. The third kappa shape index (κ3) is 5.22. The van der Waals surface area contributed by atoms with Crippen molar-refractivity contribution >= 4 is 17.6 Å². The quantitative estimate of drug-likeness (QED) is 0.630. The number of nitrogens with zero attached hydrogens (tertiary/aromatic N) is 5. The Balaban J connectivity index is 1.66. The summed E-state index contributed by atoms with van der Waals surface area (Å²) in [5.41, 5.74) is -0.238. The number of anilines is 3. The summed E-state index contributed by atoms with van der Waals surface area (Å²) in [5, 5.41) is 11.9. The number of rotatable bonds is 5. The van der Waals surface area contributed by atoms with E-state index in [1.807, 2.05) is 11.0 Å². The van der Waals surface area contributed by atoms with Gasteiger partial charge in [-0.2, -0.15) is 33.4 Å². The fourth-order valence-corrected chi connectivity index (χ4v) is 2.99. The largest absolute Gasteiger partial charge is 0.424 e. The van der Waals surface area contributed by atoms with Crippen molar-refractivity contribution in [3.8, 4) is 17.8 Å². The lowest BCUT2D eigenvalue weighted by Gasteiger charge is -2.27. The van der Waals surface area contributed by atoms with Crippen LogP contribution in [0, 0.1) is 11.3 Å². The lowest BCUT2D eigenvalue weighted by molar-refractivity contribution is -0.137. The van der Waals surface area contributed by atoms with Crippen LogP contribution in [0.3, 0.4) is 0 Å². The minimum Gasteiger partial charge on any atom is -0.424 e. The Morgan fingerprint density at radius 1 is 1.03 bits per heavy atom. The Morgan fingerprint density at radius 3 is 2.56 bits per heavy atom. The summed E-state index contributed by atoms with van der Waals surface area (Å²) in [5.74, 6) is 0.657. The normalized spacial score (nSPS) is 14.0. The molecule has 0 bridgehead atoms. The average Bonchev–Trinajstić information content (AvgIpc) is 2.79. The van der Waals surface area contributed by atoms with Crippen molar-refractivity contribution in [3.05, 3.63) is 59.7 Å². The first-order valence-corrected chi connectivity index (χ1v) is 9.62. The number of ether oxygens (including phenoxy) is 2. The Bertz CT molecular complexity index is 1140. The van der Waals surface area contributed by atoms with Crippen molar-refractivity contribution < 1.29 is 22.6 Å². The van der Waals surface area contributed by atoms with E-state index in [2.05, 4.69) is 20.3 Å². The fraction of sp³-hybridized carbons (Fsp3) is 0.238. The van der Waals surface area contributed by atoms with Gasteiger partial charge in [-0.05, 0) is 36.4 Å². The average molecular weight is 442 g/mol. The zero-order valence-electron chi connectivity index (χ0n) is 16.6. The summed E-state index contributed by atoms with van der Waals surface area (Å²) < 4.78 is 50.2. The highest BCUT2D eigenvalue weighted by Gasteiger charge is 2.30. The summed E-state index contributed by atoms with van der Waals surface area (Å²) in [6.07, 6.45) is -4.48. The second-order valence-corrected chi connectivity index (χ2v) is 6.79. The molecule has 0 aliphatic carbocycles. The minimum atomic E-state index is -4.48. The van der Waals surface area contributed by atoms with Crippen LogP contribution in [0.1, 0.15) is 11.1 Å². The van der Waals surface area contributed by atoms with E-state index in [9.17, 15) is 13.2 Å². The Labute approximate surface area is 181 Å². The van der Waals surface area contributed by atoms with E-state index in [4.69, 9.17) is 14.7 Å². The lowest BCUT2D eigenvalue weighted by atomic mass is 10.2. The van der Waals surface area contributed by atoms with Gasteiger partial charge < -0.3 is 19.7 Å². The number of hydrogen-bond donors (Lipinski definition) is 1. The highest BCUT2D eigenvalue weighted by molar-refractivity contribution is 5.56. The van der Waals surface area contributed by atoms with E-state index < -0.39 is 11.7 Å². The maximum absolute atomic E-state index is 13.1. The zero-order valence-corrected chi connectivity index (χ0v) is 16.6. The van der Waals surface area contributed by atoms with Crippen molar-refractivity contribution in [3.63, 3.8) is 0 Å². The molecule has 4 rings (SSSR count). The smallest absolute Gasteiger partial charge is 0.416 e. The minimum absolute atomic E-state index is 0.0206. The molecule has 11 heteroatoms. The Hall–Kier alpha value is -3.91.